The minimum absolute atomic E-state index is 0.0887. The van der Waals surface area contributed by atoms with Gasteiger partial charge in [-0.2, -0.15) is 0 Å². The van der Waals surface area contributed by atoms with Crippen LogP contribution in [0.15, 0.2) is 53.4 Å². The van der Waals surface area contributed by atoms with Crippen LogP contribution in [-0.2, 0) is 4.79 Å². The SMILES string of the molecule is C#Cc1ccc(OCCCCCCCCCCC(=O)Nc2ccc(S)cc2)cc1. The summed E-state index contributed by atoms with van der Waals surface area (Å²) in [7, 11) is 0. The number of anilines is 1. The molecule has 0 aromatic heterocycles. The third-order valence-corrected chi connectivity index (χ3v) is 5.04. The van der Waals surface area contributed by atoms with Gasteiger partial charge in [0.15, 0.2) is 0 Å². The number of rotatable bonds is 13. The number of ether oxygens (including phenoxy) is 1. The Balaban J connectivity index is 1.39. The molecule has 0 atom stereocenters. The number of benzene rings is 2. The van der Waals surface area contributed by atoms with Crippen LogP contribution in [0.4, 0.5) is 5.69 Å². The number of hydrogen-bond donors (Lipinski definition) is 2. The highest BCUT2D eigenvalue weighted by Crippen LogP contribution is 2.15. The van der Waals surface area contributed by atoms with Crippen LogP contribution in [0.5, 0.6) is 5.75 Å². The molecule has 0 unspecified atom stereocenters. The molecule has 4 heteroatoms. The first-order valence-corrected chi connectivity index (χ1v) is 10.9. The zero-order chi connectivity index (χ0) is 20.7. The summed E-state index contributed by atoms with van der Waals surface area (Å²) in [6, 6.07) is 15.2. The van der Waals surface area contributed by atoms with Gasteiger partial charge in [0, 0.05) is 22.6 Å². The van der Waals surface area contributed by atoms with Crippen LogP contribution in [-0.4, -0.2) is 12.5 Å². The van der Waals surface area contributed by atoms with Crippen molar-refractivity contribution in [1.29, 1.82) is 0 Å². The molecule has 1 amide bonds. The molecule has 0 aliphatic rings. The maximum Gasteiger partial charge on any atom is 0.224 e. The lowest BCUT2D eigenvalue weighted by Crippen LogP contribution is -2.10. The van der Waals surface area contributed by atoms with E-state index in [-0.39, 0.29) is 5.91 Å². The summed E-state index contributed by atoms with van der Waals surface area (Å²) in [5.41, 5.74) is 1.71. The number of amides is 1. The number of nitrogens with one attached hydrogen (secondary N) is 1. The molecule has 1 N–H and O–H groups in total. The normalized spacial score (nSPS) is 10.3. The van der Waals surface area contributed by atoms with Crippen molar-refractivity contribution in [3.05, 3.63) is 54.1 Å². The van der Waals surface area contributed by atoms with E-state index >= 15 is 0 Å². The van der Waals surface area contributed by atoms with Crippen molar-refractivity contribution >= 4 is 24.2 Å². The predicted molar refractivity (Wildman–Crippen MR) is 124 cm³/mol. The van der Waals surface area contributed by atoms with E-state index < -0.39 is 0 Å². The molecule has 3 nitrogen and oxygen atoms in total. The number of thiol groups is 1. The van der Waals surface area contributed by atoms with Gasteiger partial charge in [-0.1, -0.05) is 44.4 Å². The molecular formula is C25H31NO2S. The average Bonchev–Trinajstić information content (AvgIpc) is 2.74. The Morgan fingerprint density at radius 3 is 2.07 bits per heavy atom. The van der Waals surface area contributed by atoms with Crippen molar-refractivity contribution < 1.29 is 9.53 Å². The molecule has 2 rings (SSSR count). The molecule has 0 saturated carbocycles. The first kappa shape index (κ1) is 22.9. The fraction of sp³-hybridized carbons (Fsp3) is 0.400. The van der Waals surface area contributed by atoms with Crippen LogP contribution >= 0.6 is 12.6 Å². The minimum Gasteiger partial charge on any atom is -0.494 e. The molecule has 0 heterocycles. The Bertz CT molecular complexity index is 763. The zero-order valence-corrected chi connectivity index (χ0v) is 17.9. The quantitative estimate of drug-likeness (QED) is 0.226. The minimum atomic E-state index is 0.0887. The molecule has 2 aromatic rings. The van der Waals surface area contributed by atoms with E-state index in [4.69, 9.17) is 11.2 Å². The standard InChI is InChI=1S/C25H31NO2S/c1-2-21-12-16-23(17-13-21)28-20-10-8-6-4-3-5-7-9-11-25(27)26-22-14-18-24(29)19-15-22/h1,12-19,29H,3-11,20H2,(H,26,27). The summed E-state index contributed by atoms with van der Waals surface area (Å²) >= 11 is 4.24. The Labute approximate surface area is 180 Å². The maximum absolute atomic E-state index is 11.9. The van der Waals surface area contributed by atoms with Crippen LogP contribution in [0.2, 0.25) is 0 Å². The van der Waals surface area contributed by atoms with Crippen LogP contribution < -0.4 is 10.1 Å². The van der Waals surface area contributed by atoms with Crippen molar-refractivity contribution in [2.45, 2.75) is 62.7 Å². The van der Waals surface area contributed by atoms with Crippen molar-refractivity contribution in [3.63, 3.8) is 0 Å². The van der Waals surface area contributed by atoms with Gasteiger partial charge in [0.2, 0.25) is 5.91 Å². The highest BCUT2D eigenvalue weighted by molar-refractivity contribution is 7.80. The highest BCUT2D eigenvalue weighted by atomic mass is 32.1. The van der Waals surface area contributed by atoms with Crippen LogP contribution in [0.25, 0.3) is 0 Å². The summed E-state index contributed by atoms with van der Waals surface area (Å²) < 4.78 is 5.73. The van der Waals surface area contributed by atoms with Gasteiger partial charge in [0.05, 0.1) is 6.61 Å². The Morgan fingerprint density at radius 2 is 1.45 bits per heavy atom. The fourth-order valence-electron chi connectivity index (χ4n) is 3.05. The van der Waals surface area contributed by atoms with Gasteiger partial charge in [-0.25, -0.2) is 0 Å². The molecule has 0 saturated heterocycles. The predicted octanol–water partition coefficient (Wildman–Crippen LogP) is 6.49. The third kappa shape index (κ3) is 10.1. The lowest BCUT2D eigenvalue weighted by molar-refractivity contribution is -0.116. The topological polar surface area (TPSA) is 38.3 Å². The zero-order valence-electron chi connectivity index (χ0n) is 17.0. The number of unbranched alkanes of at least 4 members (excludes halogenated alkanes) is 7. The molecule has 0 radical (unpaired) electrons. The molecule has 0 fully saturated rings. The first-order valence-electron chi connectivity index (χ1n) is 10.5. The van der Waals surface area contributed by atoms with E-state index in [1.807, 2.05) is 48.5 Å². The molecule has 0 bridgehead atoms. The van der Waals surface area contributed by atoms with Gasteiger partial charge in [-0.3, -0.25) is 4.79 Å². The van der Waals surface area contributed by atoms with Gasteiger partial charge >= 0.3 is 0 Å². The van der Waals surface area contributed by atoms with E-state index in [2.05, 4.69) is 23.9 Å². The summed E-state index contributed by atoms with van der Waals surface area (Å²) in [6.45, 7) is 0.751. The van der Waals surface area contributed by atoms with E-state index in [0.717, 1.165) is 47.8 Å². The van der Waals surface area contributed by atoms with Gasteiger partial charge in [-0.05, 0) is 61.4 Å². The van der Waals surface area contributed by atoms with E-state index in [0.29, 0.717) is 6.42 Å². The van der Waals surface area contributed by atoms with E-state index in [1.54, 1.807) is 0 Å². The van der Waals surface area contributed by atoms with Gasteiger partial charge in [0.25, 0.3) is 0 Å². The Hall–Kier alpha value is -2.38. The van der Waals surface area contributed by atoms with Gasteiger partial charge < -0.3 is 10.1 Å². The summed E-state index contributed by atoms with van der Waals surface area (Å²) in [5, 5.41) is 2.92. The molecule has 29 heavy (non-hydrogen) atoms. The number of carbonyl (C=O) groups is 1. The summed E-state index contributed by atoms with van der Waals surface area (Å²) in [4.78, 5) is 12.8. The van der Waals surface area contributed by atoms with Crippen molar-refractivity contribution in [2.75, 3.05) is 11.9 Å². The monoisotopic (exact) mass is 409 g/mol. The van der Waals surface area contributed by atoms with Gasteiger partial charge in [-0.15, -0.1) is 19.1 Å². The molecule has 0 aliphatic heterocycles. The van der Waals surface area contributed by atoms with Crippen molar-refractivity contribution in [1.82, 2.24) is 0 Å². The number of carbonyl (C=O) groups excluding carboxylic acids is 1. The Morgan fingerprint density at radius 1 is 0.862 bits per heavy atom. The number of hydrogen-bond acceptors (Lipinski definition) is 3. The lowest BCUT2D eigenvalue weighted by Gasteiger charge is -2.07. The average molecular weight is 410 g/mol. The molecule has 0 aliphatic carbocycles. The molecule has 2 aromatic carbocycles. The second-order valence-electron chi connectivity index (χ2n) is 7.19. The third-order valence-electron chi connectivity index (χ3n) is 4.74. The summed E-state index contributed by atoms with van der Waals surface area (Å²) in [5.74, 6) is 3.57. The lowest BCUT2D eigenvalue weighted by atomic mass is 10.1. The van der Waals surface area contributed by atoms with E-state index in [9.17, 15) is 4.79 Å². The van der Waals surface area contributed by atoms with Crippen LogP contribution in [0.3, 0.4) is 0 Å². The molecule has 0 spiro atoms. The Kier molecular flexibility index (Phi) is 10.9. The second kappa shape index (κ2) is 13.7. The van der Waals surface area contributed by atoms with Crippen molar-refractivity contribution in [2.24, 2.45) is 0 Å². The van der Waals surface area contributed by atoms with Crippen LogP contribution in [0.1, 0.15) is 63.4 Å². The maximum atomic E-state index is 11.9. The highest BCUT2D eigenvalue weighted by Gasteiger charge is 2.02. The van der Waals surface area contributed by atoms with Crippen molar-refractivity contribution in [3.8, 4) is 18.1 Å². The summed E-state index contributed by atoms with van der Waals surface area (Å²) in [6.07, 6.45) is 15.2. The first-order chi connectivity index (χ1) is 14.2. The molecular weight excluding hydrogens is 378 g/mol. The van der Waals surface area contributed by atoms with Crippen LogP contribution in [0, 0.1) is 12.3 Å². The number of terminal acetylenes is 1. The van der Waals surface area contributed by atoms with Gasteiger partial charge in [0.1, 0.15) is 5.75 Å². The largest absolute Gasteiger partial charge is 0.494 e. The smallest absolute Gasteiger partial charge is 0.224 e. The second-order valence-corrected chi connectivity index (χ2v) is 7.71. The molecule has 154 valence electrons. The van der Waals surface area contributed by atoms with E-state index in [1.165, 1.54) is 32.1 Å². The fourth-order valence-corrected chi connectivity index (χ4v) is 3.20.